The van der Waals surface area contributed by atoms with Crippen molar-refractivity contribution in [3.05, 3.63) is 64.6 Å². The van der Waals surface area contributed by atoms with Crippen LogP contribution in [0.15, 0.2) is 53.5 Å². The number of nitrogens with zero attached hydrogens (tertiary/aromatic N) is 3. The smallest absolute Gasteiger partial charge is 0.325 e. The number of amides is 1. The Labute approximate surface area is 178 Å². The molecule has 0 saturated carbocycles. The number of methoxy groups -OCH3 is 3. The fourth-order valence-corrected chi connectivity index (χ4v) is 3.10. The molecule has 3 aromatic rings. The van der Waals surface area contributed by atoms with Gasteiger partial charge in [-0.1, -0.05) is 18.2 Å². The van der Waals surface area contributed by atoms with Crippen LogP contribution >= 0.6 is 0 Å². The highest BCUT2D eigenvalue weighted by Gasteiger charge is 2.20. The molecule has 1 amide bonds. The van der Waals surface area contributed by atoms with E-state index in [0.717, 1.165) is 4.68 Å². The monoisotopic (exact) mass is 425 g/mol. The number of fused-ring (bicyclic) bond motifs is 1. The third-order valence-electron chi connectivity index (χ3n) is 4.73. The maximum atomic E-state index is 13.0. The molecule has 1 aromatic heterocycles. The van der Waals surface area contributed by atoms with E-state index in [1.165, 1.54) is 32.4 Å². The van der Waals surface area contributed by atoms with Crippen molar-refractivity contribution in [3.63, 3.8) is 0 Å². The van der Waals surface area contributed by atoms with Gasteiger partial charge in [0.25, 0.3) is 5.56 Å². The van der Waals surface area contributed by atoms with Crippen molar-refractivity contribution in [3.8, 4) is 11.5 Å². The molecule has 2 aromatic carbocycles. The highest BCUT2D eigenvalue weighted by Crippen LogP contribution is 2.23. The van der Waals surface area contributed by atoms with Gasteiger partial charge < -0.3 is 19.1 Å². The van der Waals surface area contributed by atoms with Gasteiger partial charge in [0, 0.05) is 18.0 Å². The normalized spacial score (nSPS) is 10.5. The molecule has 1 heterocycles. The standard InChI is InChI=1S/C22H23N3O6/c1-29-17-8-15(9-18(10-17)30-2)12-24(14-21(27)31-3)20(26)13-25-22(28)19-7-5-4-6-16(19)11-23-25/h4-11H,12-14H2,1-3H3. The zero-order valence-electron chi connectivity index (χ0n) is 17.5. The maximum Gasteiger partial charge on any atom is 0.325 e. The van der Waals surface area contributed by atoms with Crippen LogP contribution in [-0.2, 0) is 27.4 Å². The fraction of sp³-hybridized carbons (Fsp3) is 0.273. The highest BCUT2D eigenvalue weighted by atomic mass is 16.5. The lowest BCUT2D eigenvalue weighted by Crippen LogP contribution is -2.40. The minimum atomic E-state index is -0.581. The molecule has 0 unspecified atom stereocenters. The van der Waals surface area contributed by atoms with E-state index in [-0.39, 0.29) is 25.2 Å². The number of benzene rings is 2. The van der Waals surface area contributed by atoms with Gasteiger partial charge in [0.15, 0.2) is 0 Å². The van der Waals surface area contributed by atoms with Crippen molar-refractivity contribution in [1.82, 2.24) is 14.7 Å². The molecule has 31 heavy (non-hydrogen) atoms. The van der Waals surface area contributed by atoms with Crippen molar-refractivity contribution >= 4 is 22.6 Å². The molecule has 9 nitrogen and oxygen atoms in total. The first-order chi connectivity index (χ1) is 14.9. The fourth-order valence-electron chi connectivity index (χ4n) is 3.10. The van der Waals surface area contributed by atoms with Gasteiger partial charge in [0.1, 0.15) is 24.6 Å². The Balaban J connectivity index is 1.88. The van der Waals surface area contributed by atoms with Gasteiger partial charge in [-0.3, -0.25) is 14.4 Å². The number of carbonyl (C=O) groups is 2. The molecular formula is C22H23N3O6. The lowest BCUT2D eigenvalue weighted by atomic mass is 10.2. The van der Waals surface area contributed by atoms with Crippen molar-refractivity contribution in [2.24, 2.45) is 0 Å². The number of hydrogen-bond acceptors (Lipinski definition) is 7. The van der Waals surface area contributed by atoms with Crippen LogP contribution in [-0.4, -0.2) is 54.4 Å². The van der Waals surface area contributed by atoms with Crippen LogP contribution in [0.4, 0.5) is 0 Å². The van der Waals surface area contributed by atoms with E-state index in [2.05, 4.69) is 5.10 Å². The maximum absolute atomic E-state index is 13.0. The molecule has 0 N–H and O–H groups in total. The molecular weight excluding hydrogens is 402 g/mol. The number of esters is 1. The Morgan fingerprint density at radius 1 is 1.03 bits per heavy atom. The quantitative estimate of drug-likeness (QED) is 0.506. The van der Waals surface area contributed by atoms with Crippen LogP contribution in [0.3, 0.4) is 0 Å². The Hall–Kier alpha value is -3.88. The van der Waals surface area contributed by atoms with E-state index in [1.807, 2.05) is 0 Å². The highest BCUT2D eigenvalue weighted by molar-refractivity contribution is 5.83. The number of ether oxygens (including phenoxy) is 3. The molecule has 9 heteroatoms. The van der Waals surface area contributed by atoms with Gasteiger partial charge in [-0.05, 0) is 23.8 Å². The number of carbonyl (C=O) groups excluding carboxylic acids is 2. The summed E-state index contributed by atoms with van der Waals surface area (Å²) in [5.41, 5.74) is 0.305. The van der Waals surface area contributed by atoms with E-state index in [4.69, 9.17) is 14.2 Å². The average Bonchev–Trinajstić information content (AvgIpc) is 2.80. The second kappa shape index (κ2) is 9.75. The van der Waals surface area contributed by atoms with E-state index in [9.17, 15) is 14.4 Å². The van der Waals surface area contributed by atoms with Crippen LogP contribution in [0, 0.1) is 0 Å². The lowest BCUT2D eigenvalue weighted by Gasteiger charge is -2.22. The van der Waals surface area contributed by atoms with Crippen LogP contribution in [0.1, 0.15) is 5.56 Å². The largest absolute Gasteiger partial charge is 0.497 e. The minimum absolute atomic E-state index is 0.0871. The summed E-state index contributed by atoms with van der Waals surface area (Å²) in [6, 6.07) is 12.2. The molecule has 3 rings (SSSR count). The van der Waals surface area contributed by atoms with Gasteiger partial charge in [-0.15, -0.1) is 0 Å². The number of aromatic nitrogens is 2. The molecule has 162 valence electrons. The summed E-state index contributed by atoms with van der Waals surface area (Å²) < 4.78 is 16.3. The third-order valence-corrected chi connectivity index (χ3v) is 4.73. The topological polar surface area (TPSA) is 100.0 Å². The molecule has 0 spiro atoms. The zero-order valence-corrected chi connectivity index (χ0v) is 17.5. The zero-order chi connectivity index (χ0) is 22.4. The van der Waals surface area contributed by atoms with Gasteiger partial charge in [0.2, 0.25) is 5.91 Å². The first-order valence-corrected chi connectivity index (χ1v) is 9.46. The van der Waals surface area contributed by atoms with Gasteiger partial charge >= 0.3 is 5.97 Å². The summed E-state index contributed by atoms with van der Waals surface area (Å²) in [4.78, 5) is 38.9. The second-order valence-corrected chi connectivity index (χ2v) is 6.74. The van der Waals surface area contributed by atoms with Gasteiger partial charge in [-0.2, -0.15) is 5.10 Å². The van der Waals surface area contributed by atoms with Gasteiger partial charge in [0.05, 0.1) is 32.9 Å². The summed E-state index contributed by atoms with van der Waals surface area (Å²) in [7, 11) is 4.29. The van der Waals surface area contributed by atoms with Crippen LogP contribution in [0.2, 0.25) is 0 Å². The molecule has 0 bridgehead atoms. The minimum Gasteiger partial charge on any atom is -0.497 e. The third kappa shape index (κ3) is 5.19. The first-order valence-electron chi connectivity index (χ1n) is 9.46. The number of rotatable bonds is 8. The number of hydrogen-bond donors (Lipinski definition) is 0. The van der Waals surface area contributed by atoms with Crippen LogP contribution in [0.5, 0.6) is 11.5 Å². The summed E-state index contributed by atoms with van der Waals surface area (Å²) in [6.07, 6.45) is 1.53. The second-order valence-electron chi connectivity index (χ2n) is 6.74. The van der Waals surface area contributed by atoms with Crippen molar-refractivity contribution in [2.75, 3.05) is 27.9 Å². The first kappa shape index (κ1) is 21.8. The molecule has 0 atom stereocenters. The summed E-state index contributed by atoms with van der Waals surface area (Å²) in [5.74, 6) is 0.0542. The Bertz CT molecular complexity index is 1140. The predicted octanol–water partition coefficient (Wildman–Crippen LogP) is 1.62. The predicted molar refractivity (Wildman–Crippen MR) is 113 cm³/mol. The summed E-state index contributed by atoms with van der Waals surface area (Å²) in [6.45, 7) is -0.511. The van der Waals surface area contributed by atoms with Crippen molar-refractivity contribution in [1.29, 1.82) is 0 Å². The van der Waals surface area contributed by atoms with E-state index < -0.39 is 11.9 Å². The van der Waals surface area contributed by atoms with Crippen LogP contribution < -0.4 is 15.0 Å². The molecule has 0 aliphatic rings. The molecule has 0 saturated heterocycles. The average molecular weight is 425 g/mol. The van der Waals surface area contributed by atoms with Crippen molar-refractivity contribution < 1.29 is 23.8 Å². The Kier molecular flexibility index (Phi) is 6.86. The SMILES string of the molecule is COC(=O)CN(Cc1cc(OC)cc(OC)c1)C(=O)Cn1ncc2ccccc2c1=O. The van der Waals surface area contributed by atoms with E-state index >= 15 is 0 Å². The van der Waals surface area contributed by atoms with Gasteiger partial charge in [-0.25, -0.2) is 4.68 Å². The van der Waals surface area contributed by atoms with E-state index in [0.29, 0.717) is 27.8 Å². The Morgan fingerprint density at radius 2 is 1.71 bits per heavy atom. The summed E-state index contributed by atoms with van der Waals surface area (Å²) >= 11 is 0. The van der Waals surface area contributed by atoms with Crippen LogP contribution in [0.25, 0.3) is 10.8 Å². The molecule has 0 aliphatic carbocycles. The van der Waals surface area contributed by atoms with E-state index in [1.54, 1.807) is 42.5 Å². The molecule has 0 fully saturated rings. The molecule has 0 radical (unpaired) electrons. The lowest BCUT2D eigenvalue weighted by molar-refractivity contribution is -0.147. The van der Waals surface area contributed by atoms with Crippen molar-refractivity contribution in [2.45, 2.75) is 13.1 Å². The molecule has 0 aliphatic heterocycles. The summed E-state index contributed by atoms with van der Waals surface area (Å²) in [5, 5.41) is 5.24. The Morgan fingerprint density at radius 3 is 2.35 bits per heavy atom.